The summed E-state index contributed by atoms with van der Waals surface area (Å²) in [4.78, 5) is 24.4. The molecule has 0 saturated heterocycles. The van der Waals surface area contributed by atoms with Crippen LogP contribution in [0.25, 0.3) is 0 Å². The van der Waals surface area contributed by atoms with Crippen LogP contribution in [0.15, 0.2) is 12.1 Å². The van der Waals surface area contributed by atoms with Gasteiger partial charge in [0.2, 0.25) is 0 Å². The lowest BCUT2D eigenvalue weighted by Crippen LogP contribution is -2.36. The lowest BCUT2D eigenvalue weighted by atomic mass is 10.1. The van der Waals surface area contributed by atoms with Gasteiger partial charge in [-0.2, -0.15) is 0 Å². The van der Waals surface area contributed by atoms with Gasteiger partial charge in [-0.1, -0.05) is 11.6 Å². The average molecular weight is 256 g/mol. The average Bonchev–Trinajstić information content (AvgIpc) is 2.32. The van der Waals surface area contributed by atoms with E-state index in [4.69, 9.17) is 16.3 Å². The van der Waals surface area contributed by atoms with Crippen molar-refractivity contribution in [3.05, 3.63) is 22.7 Å². The van der Waals surface area contributed by atoms with E-state index in [2.05, 4.69) is 4.74 Å². The Balaban J connectivity index is 2.60. The van der Waals surface area contributed by atoms with E-state index in [1.807, 2.05) is 0 Å². The molecule has 0 unspecified atom stereocenters. The van der Waals surface area contributed by atoms with Gasteiger partial charge in [-0.15, -0.1) is 0 Å². The van der Waals surface area contributed by atoms with E-state index in [0.29, 0.717) is 16.5 Å². The first-order valence-electron chi connectivity index (χ1n) is 4.86. The van der Waals surface area contributed by atoms with Crippen LogP contribution < -0.4 is 9.64 Å². The molecule has 2 rings (SSSR count). The zero-order chi connectivity index (χ0) is 12.6. The molecule has 1 aromatic carbocycles. The number of halogens is 1. The van der Waals surface area contributed by atoms with Gasteiger partial charge in [0, 0.05) is 12.1 Å². The van der Waals surface area contributed by atoms with Crippen molar-refractivity contribution < 1.29 is 19.1 Å². The second kappa shape index (κ2) is 4.25. The molecular weight excluding hydrogens is 246 g/mol. The van der Waals surface area contributed by atoms with Crippen LogP contribution in [0.3, 0.4) is 0 Å². The number of rotatable bonds is 1. The number of nitrogens with zero attached hydrogens (tertiary/aromatic N) is 1. The van der Waals surface area contributed by atoms with Crippen molar-refractivity contribution in [1.29, 1.82) is 0 Å². The van der Waals surface area contributed by atoms with Crippen molar-refractivity contribution in [2.45, 2.75) is 0 Å². The van der Waals surface area contributed by atoms with Crippen LogP contribution in [0.4, 0.5) is 5.69 Å². The second-order valence-corrected chi connectivity index (χ2v) is 3.97. The summed E-state index contributed by atoms with van der Waals surface area (Å²) in [5, 5.41) is 0.342. The van der Waals surface area contributed by atoms with Gasteiger partial charge in [-0.05, 0) is 12.1 Å². The van der Waals surface area contributed by atoms with Crippen molar-refractivity contribution in [2.75, 3.05) is 25.7 Å². The Hall–Kier alpha value is -1.75. The van der Waals surface area contributed by atoms with Crippen LogP contribution in [0.2, 0.25) is 5.02 Å². The molecule has 1 amide bonds. The molecule has 1 aliphatic heterocycles. The van der Waals surface area contributed by atoms with Crippen molar-refractivity contribution >= 4 is 29.2 Å². The van der Waals surface area contributed by atoms with E-state index >= 15 is 0 Å². The van der Waals surface area contributed by atoms with Gasteiger partial charge in [0.05, 0.1) is 12.8 Å². The summed E-state index contributed by atoms with van der Waals surface area (Å²) in [6.07, 6.45) is 0. The Kier molecular flexibility index (Phi) is 2.93. The van der Waals surface area contributed by atoms with Gasteiger partial charge in [0.1, 0.15) is 5.56 Å². The molecule has 0 aliphatic carbocycles. The van der Waals surface area contributed by atoms with E-state index in [0.717, 1.165) is 0 Å². The molecule has 1 aliphatic rings. The number of carbonyl (C=O) groups is 2. The first-order valence-corrected chi connectivity index (χ1v) is 5.23. The highest BCUT2D eigenvalue weighted by Gasteiger charge is 2.28. The number of benzene rings is 1. The first-order chi connectivity index (χ1) is 8.04. The molecule has 0 atom stereocenters. The zero-order valence-corrected chi connectivity index (χ0v) is 10.1. The van der Waals surface area contributed by atoms with E-state index in [1.54, 1.807) is 13.1 Å². The van der Waals surface area contributed by atoms with E-state index < -0.39 is 5.97 Å². The number of esters is 1. The number of ether oxygens (including phenoxy) is 2. The van der Waals surface area contributed by atoms with Crippen LogP contribution >= 0.6 is 11.6 Å². The van der Waals surface area contributed by atoms with Gasteiger partial charge in [0.25, 0.3) is 5.91 Å². The van der Waals surface area contributed by atoms with E-state index in [9.17, 15) is 9.59 Å². The highest BCUT2D eigenvalue weighted by Crippen LogP contribution is 2.37. The molecule has 0 spiro atoms. The number of fused-ring (bicyclic) bond motifs is 1. The molecule has 0 bridgehead atoms. The van der Waals surface area contributed by atoms with Crippen molar-refractivity contribution in [3.63, 3.8) is 0 Å². The third-order valence-electron chi connectivity index (χ3n) is 2.51. The molecule has 0 saturated carbocycles. The third-order valence-corrected chi connectivity index (χ3v) is 2.73. The lowest BCUT2D eigenvalue weighted by Gasteiger charge is -2.27. The third kappa shape index (κ3) is 1.93. The summed E-state index contributed by atoms with van der Waals surface area (Å²) in [5.74, 6) is -0.426. The normalized spacial score (nSPS) is 14.1. The SMILES string of the molecule is COC(=O)c1cc(Cl)cc2c1OCC(=O)N2C. The quantitative estimate of drug-likeness (QED) is 0.714. The molecule has 90 valence electrons. The number of likely N-dealkylation sites (N-methyl/N-ethyl adjacent to an activating group) is 1. The van der Waals surface area contributed by atoms with Crippen molar-refractivity contribution in [2.24, 2.45) is 0 Å². The molecule has 17 heavy (non-hydrogen) atoms. The topological polar surface area (TPSA) is 55.8 Å². The number of hydrogen-bond donors (Lipinski definition) is 0. The predicted octanol–water partition coefficient (Wildman–Crippen LogP) is 1.48. The number of anilines is 1. The maximum absolute atomic E-state index is 11.6. The van der Waals surface area contributed by atoms with Crippen LogP contribution in [0, 0.1) is 0 Å². The number of methoxy groups -OCH3 is 1. The van der Waals surface area contributed by atoms with Gasteiger partial charge >= 0.3 is 5.97 Å². The van der Waals surface area contributed by atoms with E-state index in [1.165, 1.54) is 18.1 Å². The maximum atomic E-state index is 11.6. The first kappa shape index (κ1) is 11.7. The monoisotopic (exact) mass is 255 g/mol. The minimum absolute atomic E-state index is 0.102. The fourth-order valence-corrected chi connectivity index (χ4v) is 1.82. The van der Waals surface area contributed by atoms with Gasteiger partial charge in [-0.3, -0.25) is 4.79 Å². The van der Waals surface area contributed by atoms with Crippen LogP contribution in [0.5, 0.6) is 5.75 Å². The molecule has 5 nitrogen and oxygen atoms in total. The highest BCUT2D eigenvalue weighted by atomic mass is 35.5. The maximum Gasteiger partial charge on any atom is 0.341 e. The number of amides is 1. The summed E-state index contributed by atoms with van der Waals surface area (Å²) >= 11 is 5.89. The van der Waals surface area contributed by atoms with Crippen molar-refractivity contribution in [1.82, 2.24) is 0 Å². The molecule has 0 N–H and O–H groups in total. The molecule has 1 heterocycles. The fraction of sp³-hybridized carbons (Fsp3) is 0.273. The van der Waals surface area contributed by atoms with E-state index in [-0.39, 0.29) is 18.1 Å². The number of hydrogen-bond acceptors (Lipinski definition) is 4. The second-order valence-electron chi connectivity index (χ2n) is 3.53. The largest absolute Gasteiger partial charge is 0.481 e. The van der Waals surface area contributed by atoms with Gasteiger partial charge < -0.3 is 14.4 Å². The lowest BCUT2D eigenvalue weighted by molar-refractivity contribution is -0.121. The molecule has 6 heteroatoms. The molecule has 0 aromatic heterocycles. The summed E-state index contributed by atoms with van der Waals surface area (Å²) in [5.41, 5.74) is 0.684. The summed E-state index contributed by atoms with van der Waals surface area (Å²) in [6.45, 7) is -0.102. The van der Waals surface area contributed by atoms with Crippen LogP contribution in [-0.4, -0.2) is 32.6 Å². The standard InChI is InChI=1S/C11H10ClNO4/c1-13-8-4-6(12)3-7(11(15)16-2)10(8)17-5-9(13)14/h3-4H,5H2,1-2H3. The molecule has 0 radical (unpaired) electrons. The Morgan fingerprint density at radius 3 is 2.88 bits per heavy atom. The van der Waals surface area contributed by atoms with Crippen LogP contribution in [-0.2, 0) is 9.53 Å². The summed E-state index contributed by atoms with van der Waals surface area (Å²) in [6, 6.07) is 3.02. The Morgan fingerprint density at radius 2 is 2.24 bits per heavy atom. The van der Waals surface area contributed by atoms with Crippen molar-refractivity contribution in [3.8, 4) is 5.75 Å². The minimum Gasteiger partial charge on any atom is -0.481 e. The summed E-state index contributed by atoms with van der Waals surface area (Å²) in [7, 11) is 2.87. The molecular formula is C11H10ClNO4. The Morgan fingerprint density at radius 1 is 1.53 bits per heavy atom. The zero-order valence-electron chi connectivity index (χ0n) is 9.32. The van der Waals surface area contributed by atoms with Crippen LogP contribution in [0.1, 0.15) is 10.4 Å². The molecule has 0 fully saturated rings. The predicted molar refractivity (Wildman–Crippen MR) is 61.7 cm³/mol. The fourth-order valence-electron chi connectivity index (χ4n) is 1.61. The van der Waals surface area contributed by atoms with Gasteiger partial charge in [0.15, 0.2) is 12.4 Å². The summed E-state index contributed by atoms with van der Waals surface area (Å²) < 4.78 is 9.90. The minimum atomic E-state index is -0.550. The Bertz CT molecular complexity index is 500. The molecule has 1 aromatic rings. The smallest absolute Gasteiger partial charge is 0.341 e. The van der Waals surface area contributed by atoms with Gasteiger partial charge in [-0.25, -0.2) is 4.79 Å². The Labute approximate surface area is 103 Å². The highest BCUT2D eigenvalue weighted by molar-refractivity contribution is 6.31. The number of carbonyl (C=O) groups excluding carboxylic acids is 2.